The predicted octanol–water partition coefficient (Wildman–Crippen LogP) is 4.11. The Morgan fingerprint density at radius 2 is 1.87 bits per heavy atom. The van der Waals surface area contributed by atoms with Gasteiger partial charge < -0.3 is 9.64 Å². The van der Waals surface area contributed by atoms with E-state index in [1.165, 1.54) is 0 Å². The summed E-state index contributed by atoms with van der Waals surface area (Å²) in [5, 5.41) is 15.1. The molecule has 0 amide bonds. The van der Waals surface area contributed by atoms with E-state index < -0.39 is 0 Å². The molecule has 0 bridgehead atoms. The largest absolute Gasteiger partial charge is 0.377 e. The van der Waals surface area contributed by atoms with Gasteiger partial charge >= 0.3 is 0 Å². The highest BCUT2D eigenvalue weighted by atomic mass is 35.5. The van der Waals surface area contributed by atoms with E-state index in [1.807, 2.05) is 48.0 Å². The van der Waals surface area contributed by atoms with Crippen LogP contribution in [0.1, 0.15) is 13.8 Å². The molecule has 1 aliphatic rings. The third kappa shape index (κ3) is 3.80. The monoisotopic (exact) mass is 453 g/mol. The summed E-state index contributed by atoms with van der Waals surface area (Å²) in [5.41, 5.74) is 2.37. The number of ether oxygens (including phenoxy) is 1. The van der Waals surface area contributed by atoms with Crippen LogP contribution in [0, 0.1) is 0 Å². The Morgan fingerprint density at radius 3 is 2.58 bits per heavy atom. The number of benzene rings is 1. The number of hydrogen-bond donors (Lipinski definition) is 0. The van der Waals surface area contributed by atoms with Crippen molar-refractivity contribution in [3.63, 3.8) is 0 Å². The molecule has 0 N–H and O–H groups in total. The quantitative estimate of drug-likeness (QED) is 0.459. The molecule has 1 aromatic carbocycles. The number of nitrogens with zero attached hydrogens (tertiary/aromatic N) is 7. The van der Waals surface area contributed by atoms with Gasteiger partial charge in [0.05, 0.1) is 47.1 Å². The molecule has 1 saturated heterocycles. The molecule has 3 aromatic heterocycles. The molecule has 10 heteroatoms. The molecule has 1 aliphatic heterocycles. The summed E-state index contributed by atoms with van der Waals surface area (Å²) in [7, 11) is 0. The van der Waals surface area contributed by atoms with Crippen molar-refractivity contribution in [2.45, 2.75) is 25.9 Å². The topological polar surface area (TPSA) is 81.9 Å². The van der Waals surface area contributed by atoms with E-state index in [2.05, 4.69) is 34.3 Å². The Kier molecular flexibility index (Phi) is 5.39. The SMILES string of the molecule is CC1COCC(C)N1c1ncc(-c2nnnn2-c2ccc(Cl)cc2)c(-c2cccs2)n1. The molecule has 0 spiro atoms. The van der Waals surface area contributed by atoms with E-state index in [0.29, 0.717) is 30.0 Å². The smallest absolute Gasteiger partial charge is 0.226 e. The van der Waals surface area contributed by atoms with E-state index >= 15 is 0 Å². The maximum atomic E-state index is 6.04. The molecular weight excluding hydrogens is 434 g/mol. The van der Waals surface area contributed by atoms with Crippen LogP contribution in [-0.4, -0.2) is 55.5 Å². The first kappa shape index (κ1) is 20.0. The number of anilines is 1. The lowest BCUT2D eigenvalue weighted by Gasteiger charge is -2.38. The Bertz CT molecular complexity index is 1170. The lowest BCUT2D eigenvalue weighted by molar-refractivity contribution is 0.0747. The number of tetrazole rings is 1. The standard InChI is InChI=1S/C21H20ClN7OS/c1-13-11-30-12-14(2)28(13)21-23-10-17(19(24-21)18-4-3-9-31-18)20-25-26-27-29(20)16-7-5-15(22)6-8-16/h3-10,13-14H,11-12H2,1-2H3. The second-order valence-corrected chi connectivity index (χ2v) is 8.83. The minimum atomic E-state index is 0.185. The third-order valence-corrected chi connectivity index (χ3v) is 6.34. The van der Waals surface area contributed by atoms with Crippen molar-refractivity contribution in [1.29, 1.82) is 0 Å². The second-order valence-electron chi connectivity index (χ2n) is 7.44. The molecule has 158 valence electrons. The van der Waals surface area contributed by atoms with Gasteiger partial charge in [-0.3, -0.25) is 0 Å². The fraction of sp³-hybridized carbons (Fsp3) is 0.286. The lowest BCUT2D eigenvalue weighted by Crippen LogP contribution is -2.50. The Balaban J connectivity index is 1.64. The average molecular weight is 454 g/mol. The van der Waals surface area contributed by atoms with E-state index in [4.69, 9.17) is 26.3 Å². The highest BCUT2D eigenvalue weighted by Gasteiger charge is 2.29. The van der Waals surface area contributed by atoms with E-state index in [-0.39, 0.29) is 12.1 Å². The van der Waals surface area contributed by atoms with E-state index in [9.17, 15) is 0 Å². The van der Waals surface area contributed by atoms with Crippen LogP contribution in [0.2, 0.25) is 5.02 Å². The highest BCUT2D eigenvalue weighted by molar-refractivity contribution is 7.13. The minimum Gasteiger partial charge on any atom is -0.377 e. The van der Waals surface area contributed by atoms with Crippen molar-refractivity contribution >= 4 is 28.9 Å². The van der Waals surface area contributed by atoms with Gasteiger partial charge in [0.2, 0.25) is 5.95 Å². The van der Waals surface area contributed by atoms with Gasteiger partial charge in [0, 0.05) is 11.2 Å². The van der Waals surface area contributed by atoms with Crippen LogP contribution < -0.4 is 4.90 Å². The van der Waals surface area contributed by atoms with Crippen LogP contribution in [0.3, 0.4) is 0 Å². The summed E-state index contributed by atoms with van der Waals surface area (Å²) < 4.78 is 7.34. The zero-order valence-corrected chi connectivity index (χ0v) is 18.6. The summed E-state index contributed by atoms with van der Waals surface area (Å²) in [6, 6.07) is 11.8. The van der Waals surface area contributed by atoms with Gasteiger partial charge in [0.1, 0.15) is 0 Å². The summed E-state index contributed by atoms with van der Waals surface area (Å²) in [5.74, 6) is 1.25. The van der Waals surface area contributed by atoms with Crippen LogP contribution in [0.15, 0.2) is 48.0 Å². The van der Waals surface area contributed by atoms with Crippen molar-refractivity contribution in [3.05, 3.63) is 53.0 Å². The predicted molar refractivity (Wildman–Crippen MR) is 121 cm³/mol. The molecule has 4 aromatic rings. The van der Waals surface area contributed by atoms with Gasteiger partial charge in [-0.25, -0.2) is 9.97 Å². The van der Waals surface area contributed by atoms with Crippen molar-refractivity contribution in [2.24, 2.45) is 0 Å². The van der Waals surface area contributed by atoms with Crippen LogP contribution >= 0.6 is 22.9 Å². The maximum Gasteiger partial charge on any atom is 0.226 e. The summed E-state index contributed by atoms with van der Waals surface area (Å²) in [6.07, 6.45) is 1.81. The van der Waals surface area contributed by atoms with Gasteiger partial charge in [-0.15, -0.1) is 16.4 Å². The zero-order valence-electron chi connectivity index (χ0n) is 17.0. The van der Waals surface area contributed by atoms with Crippen molar-refractivity contribution < 1.29 is 4.74 Å². The van der Waals surface area contributed by atoms with E-state index in [0.717, 1.165) is 21.8 Å². The first-order chi connectivity index (χ1) is 15.1. The molecule has 2 unspecified atom stereocenters. The fourth-order valence-electron chi connectivity index (χ4n) is 3.77. The summed E-state index contributed by atoms with van der Waals surface area (Å²) in [4.78, 5) is 12.9. The number of thiophene rings is 1. The maximum absolute atomic E-state index is 6.04. The van der Waals surface area contributed by atoms with Crippen LogP contribution in [-0.2, 0) is 4.74 Å². The number of aromatic nitrogens is 6. The fourth-order valence-corrected chi connectivity index (χ4v) is 4.63. The van der Waals surface area contributed by atoms with Gasteiger partial charge in [0.25, 0.3) is 0 Å². The number of rotatable bonds is 4. The molecule has 0 aliphatic carbocycles. The number of halogens is 1. The average Bonchev–Trinajstić information content (AvgIpc) is 3.47. The van der Waals surface area contributed by atoms with Gasteiger partial charge in [-0.05, 0) is 60.0 Å². The van der Waals surface area contributed by atoms with Crippen LogP contribution in [0.25, 0.3) is 27.6 Å². The minimum absolute atomic E-state index is 0.185. The molecule has 0 radical (unpaired) electrons. The van der Waals surface area contributed by atoms with Crippen molar-refractivity contribution in [1.82, 2.24) is 30.2 Å². The van der Waals surface area contributed by atoms with E-state index in [1.54, 1.807) is 16.0 Å². The summed E-state index contributed by atoms with van der Waals surface area (Å²) in [6.45, 7) is 5.55. The molecule has 31 heavy (non-hydrogen) atoms. The normalized spacial score (nSPS) is 19.0. The lowest BCUT2D eigenvalue weighted by atomic mass is 10.1. The van der Waals surface area contributed by atoms with Crippen LogP contribution in [0.4, 0.5) is 5.95 Å². The first-order valence-electron chi connectivity index (χ1n) is 9.93. The Hall–Kier alpha value is -2.88. The molecule has 2 atom stereocenters. The molecule has 1 fully saturated rings. The second kappa shape index (κ2) is 8.33. The summed E-state index contributed by atoms with van der Waals surface area (Å²) >= 11 is 7.66. The van der Waals surface area contributed by atoms with Crippen LogP contribution in [0.5, 0.6) is 0 Å². The molecular formula is C21H20ClN7OS. The number of morpholine rings is 1. The van der Waals surface area contributed by atoms with Crippen molar-refractivity contribution in [2.75, 3.05) is 18.1 Å². The van der Waals surface area contributed by atoms with Gasteiger partial charge in [-0.2, -0.15) is 4.68 Å². The Morgan fingerprint density at radius 1 is 1.10 bits per heavy atom. The zero-order chi connectivity index (χ0) is 21.4. The number of hydrogen-bond acceptors (Lipinski definition) is 8. The Labute approximate surface area is 188 Å². The van der Waals surface area contributed by atoms with Gasteiger partial charge in [-0.1, -0.05) is 17.7 Å². The molecule has 0 saturated carbocycles. The molecule has 4 heterocycles. The highest BCUT2D eigenvalue weighted by Crippen LogP contribution is 2.34. The first-order valence-corrected chi connectivity index (χ1v) is 11.2. The molecule has 5 rings (SSSR count). The van der Waals surface area contributed by atoms with Crippen molar-refractivity contribution in [3.8, 4) is 27.6 Å². The van der Waals surface area contributed by atoms with Gasteiger partial charge in [0.15, 0.2) is 5.82 Å². The molecule has 8 nitrogen and oxygen atoms in total. The third-order valence-electron chi connectivity index (χ3n) is 5.21.